The molecule has 0 fully saturated rings. The van der Waals surface area contributed by atoms with Crippen molar-refractivity contribution in [1.82, 2.24) is 30.2 Å². The minimum absolute atomic E-state index is 0.185. The molecule has 0 aliphatic heterocycles. The molecule has 154 valence electrons. The Morgan fingerprint density at radius 1 is 1.13 bits per heavy atom. The number of thioether (sulfide) groups is 1. The van der Waals surface area contributed by atoms with Crippen LogP contribution in [0, 0.1) is 6.92 Å². The molecule has 0 amide bonds. The second-order valence-corrected chi connectivity index (χ2v) is 8.98. The second-order valence-electron chi connectivity index (χ2n) is 6.77. The van der Waals surface area contributed by atoms with Gasteiger partial charge in [0.1, 0.15) is 10.7 Å². The minimum atomic E-state index is -0.185. The molecule has 3 aromatic heterocycles. The maximum Gasteiger partial charge on any atom is 0.260 e. The van der Waals surface area contributed by atoms with Crippen molar-refractivity contribution in [2.75, 3.05) is 0 Å². The number of rotatable bonds is 5. The zero-order chi connectivity index (χ0) is 21.4. The van der Waals surface area contributed by atoms with Gasteiger partial charge in [0.2, 0.25) is 5.16 Å². The van der Waals surface area contributed by atoms with E-state index in [1.54, 1.807) is 4.68 Å². The summed E-state index contributed by atoms with van der Waals surface area (Å²) in [6, 6.07) is 15.4. The van der Waals surface area contributed by atoms with E-state index >= 15 is 0 Å². The number of aryl methyl sites for hydroxylation is 1. The topological polar surface area (TPSA) is 89.3 Å². The van der Waals surface area contributed by atoms with Crippen molar-refractivity contribution in [3.63, 3.8) is 0 Å². The zero-order valence-electron chi connectivity index (χ0n) is 16.2. The normalized spacial score (nSPS) is 11.3. The third kappa shape index (κ3) is 3.76. The summed E-state index contributed by atoms with van der Waals surface area (Å²) < 4.78 is 1.69. The molecule has 31 heavy (non-hydrogen) atoms. The monoisotopic (exact) mass is 466 g/mol. The Kier molecular flexibility index (Phi) is 5.31. The first kappa shape index (κ1) is 19.9. The van der Waals surface area contributed by atoms with Gasteiger partial charge in [0.05, 0.1) is 16.8 Å². The van der Waals surface area contributed by atoms with Crippen LogP contribution in [0.2, 0.25) is 5.02 Å². The molecule has 5 aromatic rings. The van der Waals surface area contributed by atoms with Gasteiger partial charge in [-0.05, 0) is 35.0 Å². The van der Waals surface area contributed by atoms with Gasteiger partial charge in [0.25, 0.3) is 5.56 Å². The van der Waals surface area contributed by atoms with Crippen LogP contribution in [-0.4, -0.2) is 30.2 Å². The van der Waals surface area contributed by atoms with E-state index in [4.69, 9.17) is 11.6 Å². The first-order chi connectivity index (χ1) is 15.1. The average Bonchev–Trinajstić information content (AvgIpc) is 3.40. The highest BCUT2D eigenvalue weighted by atomic mass is 35.5. The lowest BCUT2D eigenvalue weighted by molar-refractivity contribution is 0.751. The molecular weight excluding hydrogens is 452 g/mol. The van der Waals surface area contributed by atoms with Crippen molar-refractivity contribution in [3.05, 3.63) is 80.7 Å². The summed E-state index contributed by atoms with van der Waals surface area (Å²) in [7, 11) is 0. The Hall–Kier alpha value is -3.01. The van der Waals surface area contributed by atoms with Crippen molar-refractivity contribution >= 4 is 44.9 Å². The van der Waals surface area contributed by atoms with Crippen LogP contribution < -0.4 is 5.56 Å². The average molecular weight is 467 g/mol. The molecule has 1 N–H and O–H groups in total. The fourth-order valence-electron chi connectivity index (χ4n) is 3.29. The van der Waals surface area contributed by atoms with E-state index in [-0.39, 0.29) is 5.56 Å². The van der Waals surface area contributed by atoms with Gasteiger partial charge < -0.3 is 4.98 Å². The summed E-state index contributed by atoms with van der Waals surface area (Å²) in [5.41, 5.74) is 3.41. The van der Waals surface area contributed by atoms with Crippen LogP contribution in [0.15, 0.2) is 63.9 Å². The Bertz CT molecular complexity index is 1460. The third-order valence-corrected chi connectivity index (χ3v) is 6.91. The van der Waals surface area contributed by atoms with Crippen LogP contribution in [0.1, 0.15) is 11.4 Å². The van der Waals surface area contributed by atoms with Crippen molar-refractivity contribution in [2.24, 2.45) is 0 Å². The Morgan fingerprint density at radius 3 is 2.77 bits per heavy atom. The van der Waals surface area contributed by atoms with E-state index in [0.29, 0.717) is 32.0 Å². The van der Waals surface area contributed by atoms with Gasteiger partial charge in [-0.1, -0.05) is 59.8 Å². The van der Waals surface area contributed by atoms with Crippen LogP contribution in [0.5, 0.6) is 0 Å². The molecule has 0 atom stereocenters. The molecule has 0 radical (unpaired) electrons. The number of nitrogens with one attached hydrogen (secondary N) is 1. The first-order valence-electron chi connectivity index (χ1n) is 9.34. The van der Waals surface area contributed by atoms with E-state index in [2.05, 4.69) is 25.5 Å². The van der Waals surface area contributed by atoms with Crippen LogP contribution in [0.3, 0.4) is 0 Å². The van der Waals surface area contributed by atoms with Crippen LogP contribution in [0.25, 0.3) is 27.0 Å². The molecule has 0 aliphatic carbocycles. The largest absolute Gasteiger partial charge is 0.309 e. The SMILES string of the molecule is Cc1ccccc1-n1nnnc1SCc1nc2scc(-c3ccccc3Cl)c2c(=O)[nH]1. The van der Waals surface area contributed by atoms with Gasteiger partial charge in [-0.25, -0.2) is 4.98 Å². The summed E-state index contributed by atoms with van der Waals surface area (Å²) in [6.45, 7) is 2.01. The highest BCUT2D eigenvalue weighted by Crippen LogP contribution is 2.35. The Balaban J connectivity index is 1.45. The molecule has 10 heteroatoms. The van der Waals surface area contributed by atoms with Gasteiger partial charge in [-0.15, -0.1) is 16.4 Å². The smallest absolute Gasteiger partial charge is 0.260 e. The molecular formula is C21H15ClN6OS2. The predicted molar refractivity (Wildman–Crippen MR) is 124 cm³/mol. The molecule has 7 nitrogen and oxygen atoms in total. The number of para-hydroxylation sites is 1. The van der Waals surface area contributed by atoms with E-state index in [0.717, 1.165) is 22.4 Å². The van der Waals surface area contributed by atoms with Crippen molar-refractivity contribution in [1.29, 1.82) is 0 Å². The highest BCUT2D eigenvalue weighted by Gasteiger charge is 2.16. The summed E-state index contributed by atoms with van der Waals surface area (Å²) in [5.74, 6) is 0.992. The number of halogens is 1. The number of aromatic nitrogens is 6. The number of benzene rings is 2. The maximum atomic E-state index is 12.9. The molecule has 5 rings (SSSR count). The van der Waals surface area contributed by atoms with Gasteiger partial charge >= 0.3 is 0 Å². The predicted octanol–water partition coefficient (Wildman–Crippen LogP) is 4.88. The van der Waals surface area contributed by atoms with Crippen molar-refractivity contribution < 1.29 is 0 Å². The van der Waals surface area contributed by atoms with Gasteiger partial charge in [-0.2, -0.15) is 4.68 Å². The molecule has 0 saturated carbocycles. The number of hydrogen-bond donors (Lipinski definition) is 1. The van der Waals surface area contributed by atoms with Crippen molar-refractivity contribution in [3.8, 4) is 16.8 Å². The maximum absolute atomic E-state index is 12.9. The highest BCUT2D eigenvalue weighted by molar-refractivity contribution is 7.98. The quantitative estimate of drug-likeness (QED) is 0.371. The number of hydrogen-bond acceptors (Lipinski definition) is 7. The van der Waals surface area contributed by atoms with E-state index < -0.39 is 0 Å². The van der Waals surface area contributed by atoms with Gasteiger partial charge in [0.15, 0.2) is 0 Å². The second kappa shape index (κ2) is 8.26. The fourth-order valence-corrected chi connectivity index (χ4v) is 5.24. The molecule has 2 aromatic carbocycles. The Morgan fingerprint density at radius 2 is 1.94 bits per heavy atom. The van der Waals surface area contributed by atoms with Crippen LogP contribution in [0.4, 0.5) is 0 Å². The Labute approximate surface area is 190 Å². The molecule has 0 unspecified atom stereocenters. The third-order valence-electron chi connectivity index (χ3n) is 4.78. The number of fused-ring (bicyclic) bond motifs is 1. The summed E-state index contributed by atoms with van der Waals surface area (Å²) in [6.07, 6.45) is 0. The van der Waals surface area contributed by atoms with Crippen LogP contribution in [-0.2, 0) is 5.75 Å². The summed E-state index contributed by atoms with van der Waals surface area (Å²) in [4.78, 5) is 21.1. The number of aromatic amines is 1. The molecule has 0 aliphatic rings. The molecule has 3 heterocycles. The molecule has 0 bridgehead atoms. The number of thiophene rings is 1. The minimum Gasteiger partial charge on any atom is -0.309 e. The van der Waals surface area contributed by atoms with Gasteiger partial charge in [0, 0.05) is 21.5 Å². The van der Waals surface area contributed by atoms with Crippen molar-refractivity contribution in [2.45, 2.75) is 17.8 Å². The van der Waals surface area contributed by atoms with E-state index in [1.807, 2.05) is 60.8 Å². The summed E-state index contributed by atoms with van der Waals surface area (Å²) >= 11 is 9.17. The molecule has 0 saturated heterocycles. The fraction of sp³-hybridized carbons (Fsp3) is 0.0952. The zero-order valence-corrected chi connectivity index (χ0v) is 18.6. The van der Waals surface area contributed by atoms with Crippen LogP contribution >= 0.6 is 34.7 Å². The molecule has 0 spiro atoms. The summed E-state index contributed by atoms with van der Waals surface area (Å²) in [5, 5.41) is 15.7. The first-order valence-corrected chi connectivity index (χ1v) is 11.6. The standard InChI is InChI=1S/C21H15ClN6OS2/c1-12-6-2-5-9-16(12)28-21(25-26-27-28)31-11-17-23-19(29)18-14(10-30-20(18)24-17)13-7-3-4-8-15(13)22/h2-10H,11H2,1H3,(H,23,24,29). The number of nitrogens with zero attached hydrogens (tertiary/aromatic N) is 5. The lowest BCUT2D eigenvalue weighted by atomic mass is 10.1. The van der Waals surface area contributed by atoms with E-state index in [9.17, 15) is 4.79 Å². The number of tetrazole rings is 1. The lowest BCUT2D eigenvalue weighted by Crippen LogP contribution is -2.11. The lowest BCUT2D eigenvalue weighted by Gasteiger charge is -2.07. The number of H-pyrrole nitrogens is 1. The van der Waals surface area contributed by atoms with E-state index in [1.165, 1.54) is 23.1 Å². The van der Waals surface area contributed by atoms with Gasteiger partial charge in [-0.3, -0.25) is 4.79 Å².